The molecule has 0 spiro atoms. The highest BCUT2D eigenvalue weighted by atomic mass is 32.2. The van der Waals surface area contributed by atoms with Crippen molar-refractivity contribution in [2.24, 2.45) is 4.99 Å². The third-order valence-electron chi connectivity index (χ3n) is 3.44. The molecule has 0 bridgehead atoms. The van der Waals surface area contributed by atoms with Crippen LogP contribution in [0, 0.1) is 0 Å². The fourth-order valence-corrected chi connectivity index (χ4v) is 5.78. The number of hydrogen-bond donors (Lipinski definition) is 0. The maximum atomic E-state index is 12.6. The average molecular weight is 365 g/mol. The first-order valence-electron chi connectivity index (χ1n) is 7.86. The van der Waals surface area contributed by atoms with Crippen molar-refractivity contribution in [2.45, 2.75) is 51.2 Å². The van der Waals surface area contributed by atoms with E-state index in [1.54, 1.807) is 13.8 Å². The summed E-state index contributed by atoms with van der Waals surface area (Å²) in [6, 6.07) is 0.0558. The van der Waals surface area contributed by atoms with E-state index in [0.29, 0.717) is 13.2 Å². The van der Waals surface area contributed by atoms with Crippen molar-refractivity contribution in [2.75, 3.05) is 26.0 Å². The van der Waals surface area contributed by atoms with Crippen LogP contribution >= 0.6 is 19.4 Å². The Kier molecular flexibility index (Phi) is 7.10. The van der Waals surface area contributed by atoms with Gasteiger partial charge in [-0.05, 0) is 26.7 Å². The number of rotatable bonds is 8. The Bertz CT molecular complexity index is 490. The predicted molar refractivity (Wildman–Crippen MR) is 89.1 cm³/mol. The molecule has 0 aliphatic carbocycles. The Labute approximate surface area is 141 Å². The van der Waals surface area contributed by atoms with Crippen LogP contribution in [0.2, 0.25) is 0 Å². The molecule has 132 valence electrons. The van der Waals surface area contributed by atoms with Crippen LogP contribution in [0.4, 0.5) is 0 Å². The second-order valence-electron chi connectivity index (χ2n) is 5.32. The normalized spacial score (nSPS) is 27.4. The summed E-state index contributed by atoms with van der Waals surface area (Å²) in [7, 11) is -3.14. The summed E-state index contributed by atoms with van der Waals surface area (Å²) in [5, 5.41) is 0.748. The molecule has 0 unspecified atom stereocenters. The molecule has 0 aromatic rings. The standard InChI is InChI=1S/C14H24NO6PS/c1-4-19-22(17,20-5-2)9-13-15-12-7-6-11(8-18-10(3)16)21-14(12)23-13/h11-12,14H,4-9H2,1-3H3/t11-,12-,14-/m1/s1. The van der Waals surface area contributed by atoms with Crippen molar-refractivity contribution >= 4 is 30.4 Å². The first-order valence-corrected chi connectivity index (χ1v) is 10.5. The maximum Gasteiger partial charge on any atom is 0.337 e. The van der Waals surface area contributed by atoms with Gasteiger partial charge in [0.1, 0.15) is 12.0 Å². The van der Waals surface area contributed by atoms with Crippen LogP contribution in [0.25, 0.3) is 0 Å². The van der Waals surface area contributed by atoms with Crippen molar-refractivity contribution < 1.29 is 27.9 Å². The van der Waals surface area contributed by atoms with Crippen LogP contribution in [0.5, 0.6) is 0 Å². The van der Waals surface area contributed by atoms with Gasteiger partial charge >= 0.3 is 13.6 Å². The summed E-state index contributed by atoms with van der Waals surface area (Å²) in [5.41, 5.74) is -0.115. The number of hydrogen-bond acceptors (Lipinski definition) is 8. The Morgan fingerprint density at radius 3 is 2.65 bits per heavy atom. The van der Waals surface area contributed by atoms with Gasteiger partial charge in [0.05, 0.1) is 36.6 Å². The topological polar surface area (TPSA) is 83.4 Å². The molecule has 0 saturated carbocycles. The van der Waals surface area contributed by atoms with E-state index in [2.05, 4.69) is 4.99 Å². The molecule has 2 heterocycles. The Hall–Kier alpha value is -0.400. The third kappa shape index (κ3) is 5.57. The number of fused-ring (bicyclic) bond motifs is 1. The van der Waals surface area contributed by atoms with E-state index in [1.807, 2.05) is 0 Å². The number of thioether (sulfide) groups is 1. The van der Waals surface area contributed by atoms with Gasteiger partial charge < -0.3 is 18.5 Å². The van der Waals surface area contributed by atoms with Crippen LogP contribution in [0.3, 0.4) is 0 Å². The fourth-order valence-electron chi connectivity index (χ4n) is 2.52. The van der Waals surface area contributed by atoms with Crippen molar-refractivity contribution in [3.8, 4) is 0 Å². The van der Waals surface area contributed by atoms with Gasteiger partial charge in [-0.1, -0.05) is 11.8 Å². The zero-order chi connectivity index (χ0) is 16.9. The number of esters is 1. The summed E-state index contributed by atoms with van der Waals surface area (Å²) in [5.74, 6) is -0.305. The molecule has 1 saturated heterocycles. The van der Waals surface area contributed by atoms with E-state index in [9.17, 15) is 9.36 Å². The number of carbonyl (C=O) groups is 1. The van der Waals surface area contributed by atoms with Crippen LogP contribution in [0.15, 0.2) is 4.99 Å². The van der Waals surface area contributed by atoms with Gasteiger partial charge in [-0.2, -0.15) is 0 Å². The maximum absolute atomic E-state index is 12.6. The van der Waals surface area contributed by atoms with E-state index >= 15 is 0 Å². The van der Waals surface area contributed by atoms with Crippen molar-refractivity contribution in [1.29, 1.82) is 0 Å². The Balaban J connectivity index is 1.89. The second-order valence-corrected chi connectivity index (χ2v) is 8.55. The SMILES string of the molecule is CCOP(=O)(CC1=N[C@@H]2CC[C@H](COC(C)=O)O[C@@H]2S1)OCC. The highest BCUT2D eigenvalue weighted by Crippen LogP contribution is 2.50. The van der Waals surface area contributed by atoms with Gasteiger partial charge in [0.25, 0.3) is 0 Å². The predicted octanol–water partition coefficient (Wildman–Crippen LogP) is 2.83. The molecular formula is C14H24NO6PS. The molecule has 2 aliphatic rings. The third-order valence-corrected chi connectivity index (χ3v) is 6.82. The summed E-state index contributed by atoms with van der Waals surface area (Å²) in [6.45, 7) is 5.91. The lowest BCUT2D eigenvalue weighted by molar-refractivity contribution is -0.147. The van der Waals surface area contributed by atoms with Gasteiger partial charge in [0.15, 0.2) is 0 Å². The van der Waals surface area contributed by atoms with Gasteiger partial charge in [0.2, 0.25) is 0 Å². The lowest BCUT2D eigenvalue weighted by atomic mass is 10.1. The quantitative estimate of drug-likeness (QED) is 0.483. The molecular weight excluding hydrogens is 341 g/mol. The first-order chi connectivity index (χ1) is 11.0. The van der Waals surface area contributed by atoms with Crippen LogP contribution in [0.1, 0.15) is 33.6 Å². The zero-order valence-electron chi connectivity index (χ0n) is 13.7. The second kappa shape index (κ2) is 8.62. The largest absolute Gasteiger partial charge is 0.463 e. The molecule has 23 heavy (non-hydrogen) atoms. The molecule has 0 radical (unpaired) electrons. The minimum absolute atomic E-state index is 0.0558. The van der Waals surface area contributed by atoms with Crippen LogP contribution in [-0.2, 0) is 27.9 Å². The fraction of sp³-hybridized carbons (Fsp3) is 0.857. The highest BCUT2D eigenvalue weighted by Gasteiger charge is 2.39. The van der Waals surface area contributed by atoms with Crippen molar-refractivity contribution in [3.05, 3.63) is 0 Å². The minimum atomic E-state index is -3.14. The van der Waals surface area contributed by atoms with Crippen LogP contribution in [-0.4, -0.2) is 54.6 Å². The van der Waals surface area contributed by atoms with Crippen molar-refractivity contribution in [1.82, 2.24) is 0 Å². The van der Waals surface area contributed by atoms with Gasteiger partial charge in [-0.15, -0.1) is 0 Å². The van der Waals surface area contributed by atoms with E-state index in [0.717, 1.165) is 17.9 Å². The summed E-state index contributed by atoms with van der Waals surface area (Å²) < 4.78 is 34.1. The molecule has 0 amide bonds. The monoisotopic (exact) mass is 365 g/mol. The molecule has 0 aromatic heterocycles. The molecule has 1 fully saturated rings. The minimum Gasteiger partial charge on any atom is -0.463 e. The molecule has 2 aliphatic heterocycles. The van der Waals surface area contributed by atoms with E-state index in [1.165, 1.54) is 18.7 Å². The smallest absolute Gasteiger partial charge is 0.337 e. The van der Waals surface area contributed by atoms with Crippen molar-refractivity contribution in [3.63, 3.8) is 0 Å². The summed E-state index contributed by atoms with van der Waals surface area (Å²) >= 11 is 1.47. The lowest BCUT2D eigenvalue weighted by Gasteiger charge is -2.30. The first kappa shape index (κ1) is 18.9. The van der Waals surface area contributed by atoms with Gasteiger partial charge in [-0.25, -0.2) is 0 Å². The Morgan fingerprint density at radius 2 is 2.04 bits per heavy atom. The van der Waals surface area contributed by atoms with E-state index < -0.39 is 7.60 Å². The van der Waals surface area contributed by atoms with Gasteiger partial charge in [-0.3, -0.25) is 14.4 Å². The molecule has 7 nitrogen and oxygen atoms in total. The molecule has 0 aromatic carbocycles. The number of aliphatic imine (C=N–C) groups is 1. The van der Waals surface area contributed by atoms with Gasteiger partial charge in [0, 0.05) is 6.92 Å². The molecule has 2 rings (SSSR count). The highest BCUT2D eigenvalue weighted by molar-refractivity contribution is 8.15. The van der Waals surface area contributed by atoms with Crippen LogP contribution < -0.4 is 0 Å². The molecule has 9 heteroatoms. The van der Waals surface area contributed by atoms with E-state index in [-0.39, 0.29) is 36.3 Å². The number of ether oxygens (including phenoxy) is 2. The lowest BCUT2D eigenvalue weighted by Crippen LogP contribution is -2.36. The number of carbonyl (C=O) groups excluding carboxylic acids is 1. The average Bonchev–Trinajstić information content (AvgIpc) is 2.86. The summed E-state index contributed by atoms with van der Waals surface area (Å²) in [6.07, 6.45) is 1.73. The summed E-state index contributed by atoms with van der Waals surface area (Å²) in [4.78, 5) is 15.5. The molecule has 0 N–H and O–H groups in total. The molecule has 3 atom stereocenters. The van der Waals surface area contributed by atoms with E-state index in [4.69, 9.17) is 18.5 Å². The number of nitrogens with zero attached hydrogens (tertiary/aromatic N) is 1. The Morgan fingerprint density at radius 1 is 1.35 bits per heavy atom. The zero-order valence-corrected chi connectivity index (χ0v) is 15.4.